The van der Waals surface area contributed by atoms with Crippen molar-refractivity contribution in [3.05, 3.63) is 22.3 Å². The molecule has 0 amide bonds. The van der Waals surface area contributed by atoms with Gasteiger partial charge in [-0.3, -0.25) is 0 Å². The number of hydrogen-bond donors (Lipinski definition) is 0. The maximum atomic E-state index is 5.96. The van der Waals surface area contributed by atoms with E-state index in [2.05, 4.69) is 4.98 Å². The summed E-state index contributed by atoms with van der Waals surface area (Å²) in [6.45, 7) is 0. The summed E-state index contributed by atoms with van der Waals surface area (Å²) in [6.07, 6.45) is 3.35. The van der Waals surface area contributed by atoms with Crippen LogP contribution in [0.3, 0.4) is 0 Å². The van der Waals surface area contributed by atoms with Gasteiger partial charge >= 0.3 is 0 Å². The number of fused-ring (bicyclic) bond motifs is 1. The Morgan fingerprint density at radius 3 is 3.08 bits per heavy atom. The summed E-state index contributed by atoms with van der Waals surface area (Å²) in [5.74, 6) is 0.626. The Kier molecular flexibility index (Phi) is 1.93. The van der Waals surface area contributed by atoms with Gasteiger partial charge in [0.15, 0.2) is 0 Å². The summed E-state index contributed by atoms with van der Waals surface area (Å²) in [5, 5.41) is 0.613. The van der Waals surface area contributed by atoms with Crippen LogP contribution < -0.4 is 4.74 Å². The van der Waals surface area contributed by atoms with Crippen molar-refractivity contribution in [2.75, 3.05) is 7.11 Å². The molecule has 1 heterocycles. The third-order valence-corrected chi connectivity index (χ3v) is 2.54. The molecule has 0 saturated heterocycles. The molecule has 0 spiro atoms. The van der Waals surface area contributed by atoms with Crippen molar-refractivity contribution in [2.45, 2.75) is 19.3 Å². The van der Waals surface area contributed by atoms with Crippen LogP contribution in [0.25, 0.3) is 0 Å². The molecule has 0 bridgehead atoms. The number of nitrogens with zero attached hydrogens (tertiary/aromatic N) is 1. The van der Waals surface area contributed by atoms with Crippen molar-refractivity contribution in [1.82, 2.24) is 4.98 Å². The second-order valence-corrected chi connectivity index (χ2v) is 3.30. The monoisotopic (exact) mass is 183 g/mol. The molecule has 0 N–H and O–H groups in total. The lowest BCUT2D eigenvalue weighted by molar-refractivity contribution is 0.397. The fourth-order valence-corrected chi connectivity index (χ4v) is 1.91. The van der Waals surface area contributed by atoms with Crippen LogP contribution in [0.4, 0.5) is 0 Å². The molecule has 0 atom stereocenters. The zero-order valence-electron chi connectivity index (χ0n) is 6.93. The molecule has 1 aromatic rings. The third-order valence-electron chi connectivity index (χ3n) is 2.22. The van der Waals surface area contributed by atoms with E-state index in [0.717, 1.165) is 12.8 Å². The van der Waals surface area contributed by atoms with Crippen LogP contribution >= 0.6 is 11.6 Å². The molecule has 0 radical (unpaired) electrons. The average molecular weight is 184 g/mol. The molecule has 64 valence electrons. The van der Waals surface area contributed by atoms with Crippen LogP contribution in [0.15, 0.2) is 6.07 Å². The van der Waals surface area contributed by atoms with E-state index in [9.17, 15) is 0 Å². The van der Waals surface area contributed by atoms with Crippen LogP contribution in [0.2, 0.25) is 5.15 Å². The van der Waals surface area contributed by atoms with Crippen molar-refractivity contribution >= 4 is 11.6 Å². The highest BCUT2D eigenvalue weighted by Crippen LogP contribution is 2.29. The molecule has 1 aliphatic carbocycles. The minimum atomic E-state index is 0.613. The van der Waals surface area contributed by atoms with Gasteiger partial charge in [-0.25, -0.2) is 4.98 Å². The molecular formula is C9H10ClNO. The Morgan fingerprint density at radius 2 is 2.33 bits per heavy atom. The molecule has 1 aliphatic rings. The van der Waals surface area contributed by atoms with E-state index in [-0.39, 0.29) is 0 Å². The molecule has 0 unspecified atom stereocenters. The summed E-state index contributed by atoms with van der Waals surface area (Å²) in [7, 11) is 1.61. The molecule has 0 saturated carbocycles. The summed E-state index contributed by atoms with van der Waals surface area (Å²) < 4.78 is 5.02. The van der Waals surface area contributed by atoms with Gasteiger partial charge in [-0.2, -0.15) is 0 Å². The lowest BCUT2D eigenvalue weighted by Crippen LogP contribution is -1.92. The Labute approximate surface area is 76.5 Å². The first-order chi connectivity index (χ1) is 5.81. The molecule has 2 nitrogen and oxygen atoms in total. The molecule has 3 heteroatoms. The zero-order valence-corrected chi connectivity index (χ0v) is 7.69. The summed E-state index contributed by atoms with van der Waals surface area (Å²) in [6, 6.07) is 1.98. The number of aryl methyl sites for hydroxylation is 1. The number of aromatic nitrogens is 1. The summed E-state index contributed by atoms with van der Waals surface area (Å²) >= 11 is 5.96. The predicted molar refractivity (Wildman–Crippen MR) is 47.8 cm³/mol. The Bertz CT molecular complexity index is 312. The highest BCUT2D eigenvalue weighted by Gasteiger charge is 2.16. The van der Waals surface area contributed by atoms with E-state index in [0.29, 0.717) is 11.0 Å². The van der Waals surface area contributed by atoms with Crippen LogP contribution in [0.1, 0.15) is 17.5 Å². The topological polar surface area (TPSA) is 22.1 Å². The van der Waals surface area contributed by atoms with Crippen molar-refractivity contribution < 1.29 is 4.74 Å². The maximum absolute atomic E-state index is 5.96. The van der Waals surface area contributed by atoms with Gasteiger partial charge in [-0.05, 0) is 30.4 Å². The molecule has 0 aromatic carbocycles. The van der Waals surface area contributed by atoms with E-state index in [1.54, 1.807) is 7.11 Å². The first-order valence-electron chi connectivity index (χ1n) is 4.03. The highest BCUT2D eigenvalue weighted by molar-refractivity contribution is 6.30. The predicted octanol–water partition coefficient (Wildman–Crippen LogP) is 2.23. The SMILES string of the molecule is COc1cc2c(c(Cl)n1)CCC2. The molecule has 0 aliphatic heterocycles. The number of hydrogen-bond acceptors (Lipinski definition) is 2. The molecule has 1 aromatic heterocycles. The van der Waals surface area contributed by atoms with Crippen molar-refractivity contribution in [2.24, 2.45) is 0 Å². The van der Waals surface area contributed by atoms with Crippen molar-refractivity contribution in [3.8, 4) is 5.88 Å². The number of ether oxygens (including phenoxy) is 1. The number of methoxy groups -OCH3 is 1. The lowest BCUT2D eigenvalue weighted by atomic mass is 10.2. The standard InChI is InChI=1S/C9H10ClNO/c1-12-8-5-6-3-2-4-7(6)9(10)11-8/h5H,2-4H2,1H3. The van der Waals surface area contributed by atoms with Gasteiger partial charge in [0, 0.05) is 6.07 Å². The first kappa shape index (κ1) is 7.87. The Hall–Kier alpha value is -0.760. The van der Waals surface area contributed by atoms with Gasteiger partial charge in [0.05, 0.1) is 7.11 Å². The van der Waals surface area contributed by atoms with Crippen LogP contribution in [0, 0.1) is 0 Å². The smallest absolute Gasteiger partial charge is 0.214 e. The van der Waals surface area contributed by atoms with Crippen molar-refractivity contribution in [3.63, 3.8) is 0 Å². The van der Waals surface area contributed by atoms with Crippen LogP contribution in [0.5, 0.6) is 5.88 Å². The van der Waals surface area contributed by atoms with E-state index < -0.39 is 0 Å². The second kappa shape index (κ2) is 2.94. The summed E-state index contributed by atoms with van der Waals surface area (Å²) in [4.78, 5) is 4.11. The van der Waals surface area contributed by atoms with Crippen LogP contribution in [-0.4, -0.2) is 12.1 Å². The van der Waals surface area contributed by atoms with E-state index in [1.807, 2.05) is 6.07 Å². The second-order valence-electron chi connectivity index (χ2n) is 2.95. The average Bonchev–Trinajstić information content (AvgIpc) is 2.52. The van der Waals surface area contributed by atoms with Gasteiger partial charge in [-0.15, -0.1) is 0 Å². The molecule has 12 heavy (non-hydrogen) atoms. The van der Waals surface area contributed by atoms with Gasteiger partial charge in [-0.1, -0.05) is 11.6 Å². The van der Waals surface area contributed by atoms with Gasteiger partial charge in [0.2, 0.25) is 5.88 Å². The third kappa shape index (κ3) is 1.16. The number of halogens is 1. The summed E-state index contributed by atoms with van der Waals surface area (Å²) in [5.41, 5.74) is 2.50. The number of rotatable bonds is 1. The highest BCUT2D eigenvalue weighted by atomic mass is 35.5. The Morgan fingerprint density at radius 1 is 1.50 bits per heavy atom. The maximum Gasteiger partial charge on any atom is 0.214 e. The van der Waals surface area contributed by atoms with Crippen LogP contribution in [-0.2, 0) is 12.8 Å². The first-order valence-corrected chi connectivity index (χ1v) is 4.41. The van der Waals surface area contributed by atoms with E-state index in [1.165, 1.54) is 17.5 Å². The van der Waals surface area contributed by atoms with E-state index >= 15 is 0 Å². The minimum Gasteiger partial charge on any atom is -0.481 e. The number of pyridine rings is 1. The largest absolute Gasteiger partial charge is 0.481 e. The van der Waals surface area contributed by atoms with Gasteiger partial charge in [0.1, 0.15) is 5.15 Å². The molecule has 0 fully saturated rings. The fourth-order valence-electron chi connectivity index (χ4n) is 1.61. The van der Waals surface area contributed by atoms with Gasteiger partial charge < -0.3 is 4.74 Å². The van der Waals surface area contributed by atoms with E-state index in [4.69, 9.17) is 16.3 Å². The minimum absolute atomic E-state index is 0.613. The van der Waals surface area contributed by atoms with Gasteiger partial charge in [0.25, 0.3) is 0 Å². The quantitative estimate of drug-likeness (QED) is 0.623. The fraction of sp³-hybridized carbons (Fsp3) is 0.444. The normalized spacial score (nSPS) is 14.5. The Balaban J connectivity index is 2.51. The zero-order chi connectivity index (χ0) is 8.55. The van der Waals surface area contributed by atoms with Crippen molar-refractivity contribution in [1.29, 1.82) is 0 Å². The molecular weight excluding hydrogens is 174 g/mol. The lowest BCUT2D eigenvalue weighted by Gasteiger charge is -2.04. The molecule has 2 rings (SSSR count).